The van der Waals surface area contributed by atoms with Crippen LogP contribution in [0.1, 0.15) is 36.0 Å². The lowest BCUT2D eigenvalue weighted by Gasteiger charge is -2.05. The molecular formula is C16H20N2O3. The first-order valence-corrected chi connectivity index (χ1v) is 7.13. The third-order valence-corrected chi connectivity index (χ3v) is 3.39. The Morgan fingerprint density at radius 1 is 1.19 bits per heavy atom. The summed E-state index contributed by atoms with van der Waals surface area (Å²) in [6.45, 7) is 0.616. The van der Waals surface area contributed by atoms with E-state index in [1.165, 1.54) is 7.11 Å². The maximum absolute atomic E-state index is 12.0. The molecule has 0 aliphatic rings. The minimum absolute atomic E-state index is 0.0638. The predicted octanol–water partition coefficient (Wildman–Crippen LogP) is 2.63. The standard InChI is InChI=1S/C16H20N2O3/c1-21-15(19)5-3-2-4-9-18-16(20)13-6-7-14-12(11-13)8-10-17-14/h6-8,10-11,17H,2-5,9H2,1H3,(H,18,20). The molecule has 0 spiro atoms. The van der Waals surface area contributed by atoms with Gasteiger partial charge >= 0.3 is 5.97 Å². The minimum Gasteiger partial charge on any atom is -0.469 e. The number of fused-ring (bicyclic) bond motifs is 1. The second kappa shape index (κ2) is 7.47. The van der Waals surface area contributed by atoms with Gasteiger partial charge in [0.25, 0.3) is 5.91 Å². The zero-order chi connectivity index (χ0) is 15.1. The van der Waals surface area contributed by atoms with Gasteiger partial charge in [-0.05, 0) is 37.1 Å². The lowest BCUT2D eigenvalue weighted by Crippen LogP contribution is -2.24. The van der Waals surface area contributed by atoms with Crippen LogP contribution in [0, 0.1) is 0 Å². The number of methoxy groups -OCH3 is 1. The molecule has 112 valence electrons. The summed E-state index contributed by atoms with van der Waals surface area (Å²) in [6, 6.07) is 7.53. The zero-order valence-corrected chi connectivity index (χ0v) is 12.1. The second-order valence-electron chi connectivity index (χ2n) is 4.92. The van der Waals surface area contributed by atoms with Gasteiger partial charge in [-0.3, -0.25) is 9.59 Å². The van der Waals surface area contributed by atoms with E-state index in [-0.39, 0.29) is 11.9 Å². The first-order valence-electron chi connectivity index (χ1n) is 7.13. The lowest BCUT2D eigenvalue weighted by atomic mass is 10.1. The number of aromatic amines is 1. The number of carbonyl (C=O) groups excluding carboxylic acids is 2. The average Bonchev–Trinajstić information content (AvgIpc) is 2.97. The van der Waals surface area contributed by atoms with E-state index in [0.29, 0.717) is 18.5 Å². The van der Waals surface area contributed by atoms with Crippen LogP contribution in [0.2, 0.25) is 0 Å². The molecule has 0 fully saturated rings. The maximum atomic E-state index is 12.0. The van der Waals surface area contributed by atoms with Crippen LogP contribution < -0.4 is 5.32 Å². The molecule has 1 amide bonds. The quantitative estimate of drug-likeness (QED) is 0.607. The molecular weight excluding hydrogens is 268 g/mol. The van der Waals surface area contributed by atoms with Crippen molar-refractivity contribution in [2.75, 3.05) is 13.7 Å². The van der Waals surface area contributed by atoms with Gasteiger partial charge in [-0.15, -0.1) is 0 Å². The van der Waals surface area contributed by atoms with Crippen LogP contribution in [0.3, 0.4) is 0 Å². The predicted molar refractivity (Wildman–Crippen MR) is 81.1 cm³/mol. The highest BCUT2D eigenvalue weighted by atomic mass is 16.5. The molecule has 0 bridgehead atoms. The van der Waals surface area contributed by atoms with Gasteiger partial charge in [0.15, 0.2) is 0 Å². The SMILES string of the molecule is COC(=O)CCCCCNC(=O)c1ccc2[nH]ccc2c1. The van der Waals surface area contributed by atoms with E-state index >= 15 is 0 Å². The number of rotatable bonds is 7. The molecule has 0 atom stereocenters. The molecule has 0 aliphatic carbocycles. The Hall–Kier alpha value is -2.30. The smallest absolute Gasteiger partial charge is 0.305 e. The van der Waals surface area contributed by atoms with Crippen molar-refractivity contribution in [3.05, 3.63) is 36.0 Å². The van der Waals surface area contributed by atoms with Gasteiger partial charge in [0.2, 0.25) is 0 Å². The summed E-state index contributed by atoms with van der Waals surface area (Å²) in [5.41, 5.74) is 1.69. The van der Waals surface area contributed by atoms with Crippen molar-refractivity contribution in [3.63, 3.8) is 0 Å². The van der Waals surface area contributed by atoms with E-state index in [2.05, 4.69) is 15.0 Å². The first-order chi connectivity index (χ1) is 10.2. The number of carbonyl (C=O) groups is 2. The van der Waals surface area contributed by atoms with Gasteiger partial charge < -0.3 is 15.0 Å². The average molecular weight is 288 g/mol. The summed E-state index contributed by atoms with van der Waals surface area (Å²) in [5.74, 6) is -0.245. The van der Waals surface area contributed by atoms with Crippen molar-refractivity contribution >= 4 is 22.8 Å². The highest BCUT2D eigenvalue weighted by Gasteiger charge is 2.06. The van der Waals surface area contributed by atoms with Gasteiger partial charge in [0.05, 0.1) is 7.11 Å². The molecule has 2 N–H and O–H groups in total. The Labute approximate surface area is 123 Å². The fourth-order valence-corrected chi connectivity index (χ4v) is 2.17. The van der Waals surface area contributed by atoms with Crippen molar-refractivity contribution in [2.45, 2.75) is 25.7 Å². The third kappa shape index (κ3) is 4.34. The van der Waals surface area contributed by atoms with Crippen LogP contribution in [-0.4, -0.2) is 30.5 Å². The molecule has 0 unspecified atom stereocenters. The number of amides is 1. The van der Waals surface area contributed by atoms with Crippen LogP contribution in [0.25, 0.3) is 10.9 Å². The molecule has 0 saturated carbocycles. The minimum atomic E-state index is -0.182. The van der Waals surface area contributed by atoms with E-state index in [9.17, 15) is 9.59 Å². The Balaban J connectivity index is 1.70. The van der Waals surface area contributed by atoms with Gasteiger partial charge in [-0.1, -0.05) is 6.42 Å². The number of hydrogen-bond acceptors (Lipinski definition) is 3. The van der Waals surface area contributed by atoms with Crippen LogP contribution in [-0.2, 0) is 9.53 Å². The number of nitrogens with one attached hydrogen (secondary N) is 2. The van der Waals surface area contributed by atoms with Crippen molar-refractivity contribution in [1.29, 1.82) is 0 Å². The molecule has 2 aromatic rings. The van der Waals surface area contributed by atoms with Crippen molar-refractivity contribution in [2.24, 2.45) is 0 Å². The number of esters is 1. The van der Waals surface area contributed by atoms with Crippen molar-refractivity contribution in [1.82, 2.24) is 10.3 Å². The van der Waals surface area contributed by atoms with Crippen LogP contribution in [0.15, 0.2) is 30.5 Å². The largest absolute Gasteiger partial charge is 0.469 e. The Morgan fingerprint density at radius 2 is 2.05 bits per heavy atom. The lowest BCUT2D eigenvalue weighted by molar-refractivity contribution is -0.140. The first kappa shape index (κ1) is 15.1. The summed E-state index contributed by atoms with van der Waals surface area (Å²) in [6.07, 6.45) is 4.83. The van der Waals surface area contributed by atoms with Gasteiger partial charge in [0, 0.05) is 35.6 Å². The van der Waals surface area contributed by atoms with Gasteiger partial charge in [-0.2, -0.15) is 0 Å². The van der Waals surface area contributed by atoms with Gasteiger partial charge in [0.1, 0.15) is 0 Å². The Kier molecular flexibility index (Phi) is 5.37. The van der Waals surface area contributed by atoms with E-state index < -0.39 is 0 Å². The zero-order valence-electron chi connectivity index (χ0n) is 12.1. The Bertz CT molecular complexity index is 619. The molecule has 1 aromatic carbocycles. The summed E-state index contributed by atoms with van der Waals surface area (Å²) in [7, 11) is 1.39. The number of aromatic nitrogens is 1. The third-order valence-electron chi connectivity index (χ3n) is 3.39. The van der Waals surface area contributed by atoms with Crippen molar-refractivity contribution < 1.29 is 14.3 Å². The molecule has 1 aromatic heterocycles. The second-order valence-corrected chi connectivity index (χ2v) is 4.92. The normalized spacial score (nSPS) is 10.5. The number of benzene rings is 1. The maximum Gasteiger partial charge on any atom is 0.305 e. The van der Waals surface area contributed by atoms with Crippen LogP contribution in [0.4, 0.5) is 0 Å². The highest BCUT2D eigenvalue weighted by Crippen LogP contribution is 2.14. The fourth-order valence-electron chi connectivity index (χ4n) is 2.17. The Morgan fingerprint density at radius 3 is 2.86 bits per heavy atom. The number of unbranched alkanes of at least 4 members (excludes halogenated alkanes) is 2. The molecule has 5 nitrogen and oxygen atoms in total. The van der Waals surface area contributed by atoms with E-state index in [1.54, 1.807) is 0 Å². The molecule has 0 saturated heterocycles. The summed E-state index contributed by atoms with van der Waals surface area (Å²) in [5, 5.41) is 3.92. The molecule has 2 rings (SSSR count). The summed E-state index contributed by atoms with van der Waals surface area (Å²) in [4.78, 5) is 26.0. The molecule has 1 heterocycles. The topological polar surface area (TPSA) is 71.2 Å². The van der Waals surface area contributed by atoms with E-state index in [4.69, 9.17) is 0 Å². The number of ether oxygens (including phenoxy) is 1. The van der Waals surface area contributed by atoms with E-state index in [0.717, 1.165) is 30.2 Å². The van der Waals surface area contributed by atoms with Crippen molar-refractivity contribution in [3.8, 4) is 0 Å². The van der Waals surface area contributed by atoms with Crippen LogP contribution in [0.5, 0.6) is 0 Å². The molecule has 21 heavy (non-hydrogen) atoms. The summed E-state index contributed by atoms with van der Waals surface area (Å²) < 4.78 is 4.57. The number of hydrogen-bond donors (Lipinski definition) is 2. The van der Waals surface area contributed by atoms with Gasteiger partial charge in [-0.25, -0.2) is 0 Å². The molecule has 0 radical (unpaired) electrons. The monoisotopic (exact) mass is 288 g/mol. The fraction of sp³-hybridized carbons (Fsp3) is 0.375. The molecule has 0 aliphatic heterocycles. The molecule has 5 heteroatoms. The highest BCUT2D eigenvalue weighted by molar-refractivity contribution is 5.98. The summed E-state index contributed by atoms with van der Waals surface area (Å²) >= 11 is 0. The number of H-pyrrole nitrogens is 1. The van der Waals surface area contributed by atoms with Crippen LogP contribution >= 0.6 is 0 Å². The van der Waals surface area contributed by atoms with E-state index in [1.807, 2.05) is 30.5 Å².